The molecule has 0 fully saturated rings. The van der Waals surface area contributed by atoms with Crippen molar-refractivity contribution in [3.05, 3.63) is 33.9 Å². The average Bonchev–Trinajstić information content (AvgIpc) is 2.55. The lowest BCUT2D eigenvalue weighted by molar-refractivity contribution is -0.384. The zero-order chi connectivity index (χ0) is 18.4. The van der Waals surface area contributed by atoms with E-state index in [2.05, 4.69) is 5.32 Å². The lowest BCUT2D eigenvalue weighted by Gasteiger charge is -2.09. The molecule has 1 aromatic rings. The van der Waals surface area contributed by atoms with Gasteiger partial charge >= 0.3 is 0 Å². The highest BCUT2D eigenvalue weighted by atomic mass is 16.6. The highest BCUT2D eigenvalue weighted by Crippen LogP contribution is 2.19. The van der Waals surface area contributed by atoms with Gasteiger partial charge < -0.3 is 15.8 Å². The smallest absolute Gasteiger partial charge is 0.270 e. The average molecular weight is 327 g/mol. The molecule has 1 amide bonds. The molecule has 0 saturated heterocycles. The maximum Gasteiger partial charge on any atom is 0.270 e. The van der Waals surface area contributed by atoms with E-state index in [9.17, 15) is 14.9 Å². The number of hydrogen-bond donors (Lipinski definition) is 2. The zero-order valence-corrected chi connectivity index (χ0v) is 14.9. The summed E-state index contributed by atoms with van der Waals surface area (Å²) >= 11 is 0. The quantitative estimate of drug-likeness (QED) is 0.360. The van der Waals surface area contributed by atoms with E-state index in [0.29, 0.717) is 13.2 Å². The van der Waals surface area contributed by atoms with Crippen LogP contribution < -0.4 is 11.1 Å². The van der Waals surface area contributed by atoms with Gasteiger partial charge in [0.25, 0.3) is 11.6 Å². The van der Waals surface area contributed by atoms with Crippen LogP contribution >= 0.6 is 0 Å². The minimum Gasteiger partial charge on any atom is -0.398 e. The summed E-state index contributed by atoms with van der Waals surface area (Å²) in [6.07, 6.45) is 0.0831. The van der Waals surface area contributed by atoms with E-state index in [4.69, 9.17) is 10.5 Å². The summed E-state index contributed by atoms with van der Waals surface area (Å²) in [5.41, 5.74) is 5.76. The van der Waals surface area contributed by atoms with Crippen molar-refractivity contribution in [2.45, 2.75) is 47.6 Å². The maximum atomic E-state index is 11.8. The molecule has 0 heterocycles. The summed E-state index contributed by atoms with van der Waals surface area (Å²) in [6.45, 7) is 12.5. The number of nitrogen functional groups attached to an aromatic ring is 1. The van der Waals surface area contributed by atoms with Gasteiger partial charge in [-0.15, -0.1) is 0 Å². The van der Waals surface area contributed by atoms with Gasteiger partial charge in [0.15, 0.2) is 0 Å². The van der Waals surface area contributed by atoms with Gasteiger partial charge in [0, 0.05) is 24.4 Å². The van der Waals surface area contributed by atoms with E-state index < -0.39 is 10.8 Å². The summed E-state index contributed by atoms with van der Waals surface area (Å²) in [4.78, 5) is 21.9. The normalized spacial score (nSPS) is 9.17. The lowest BCUT2D eigenvalue weighted by Crippen LogP contribution is -2.28. The predicted molar refractivity (Wildman–Crippen MR) is 93.6 cm³/mol. The van der Waals surface area contributed by atoms with Crippen LogP contribution in [-0.2, 0) is 4.74 Å². The minimum absolute atomic E-state index is 0.0831. The van der Waals surface area contributed by atoms with Crippen molar-refractivity contribution in [1.29, 1.82) is 0 Å². The number of hydrogen-bond acceptors (Lipinski definition) is 5. The van der Waals surface area contributed by atoms with Gasteiger partial charge in [-0.2, -0.15) is 0 Å². The van der Waals surface area contributed by atoms with E-state index in [1.807, 2.05) is 41.5 Å². The number of nitro benzene ring substituents is 1. The molecule has 0 spiro atoms. The molecule has 7 nitrogen and oxygen atoms in total. The van der Waals surface area contributed by atoms with Gasteiger partial charge in [0.05, 0.1) is 23.2 Å². The van der Waals surface area contributed by atoms with Crippen LogP contribution in [0.2, 0.25) is 0 Å². The number of nitrogens with one attached hydrogen (secondary N) is 1. The largest absolute Gasteiger partial charge is 0.398 e. The fourth-order valence-corrected chi connectivity index (χ4v) is 1.41. The van der Waals surface area contributed by atoms with Crippen molar-refractivity contribution < 1.29 is 14.5 Å². The van der Waals surface area contributed by atoms with Gasteiger partial charge in [-0.25, -0.2) is 0 Å². The Morgan fingerprint density at radius 1 is 1.30 bits per heavy atom. The molecule has 1 rings (SSSR count). The van der Waals surface area contributed by atoms with Crippen LogP contribution in [0.1, 0.15) is 51.9 Å². The van der Waals surface area contributed by atoms with Crippen molar-refractivity contribution in [2.24, 2.45) is 0 Å². The third-order valence-corrected chi connectivity index (χ3v) is 2.33. The number of benzene rings is 1. The first-order chi connectivity index (χ1) is 10.9. The number of amides is 1. The van der Waals surface area contributed by atoms with Crippen LogP contribution in [-0.4, -0.2) is 30.1 Å². The molecule has 3 N–H and O–H groups in total. The van der Waals surface area contributed by atoms with Crippen LogP contribution in [0, 0.1) is 10.1 Å². The van der Waals surface area contributed by atoms with Gasteiger partial charge in [0.1, 0.15) is 0 Å². The number of nitrogens with zero attached hydrogens (tertiary/aromatic N) is 1. The topological polar surface area (TPSA) is 107 Å². The number of ether oxygens (including phenoxy) is 1. The van der Waals surface area contributed by atoms with Crippen molar-refractivity contribution in [1.82, 2.24) is 5.32 Å². The fraction of sp³-hybridized carbons (Fsp3) is 0.562. The molecule has 0 bridgehead atoms. The third-order valence-electron chi connectivity index (χ3n) is 2.33. The molecule has 0 unspecified atom stereocenters. The Bertz CT molecular complexity index is 476. The first-order valence-electron chi connectivity index (χ1n) is 7.85. The van der Waals surface area contributed by atoms with Crippen molar-refractivity contribution in [2.75, 3.05) is 18.9 Å². The van der Waals surface area contributed by atoms with E-state index >= 15 is 0 Å². The van der Waals surface area contributed by atoms with Gasteiger partial charge in [-0.1, -0.05) is 27.7 Å². The molecule has 0 aliphatic heterocycles. The first-order valence-corrected chi connectivity index (χ1v) is 7.85. The molecule has 0 radical (unpaired) electrons. The molecule has 0 aliphatic carbocycles. The van der Waals surface area contributed by atoms with Crippen LogP contribution in [0.25, 0.3) is 0 Å². The molecule has 0 aromatic heterocycles. The number of non-ortho nitro benzene ring substituents is 1. The van der Waals surface area contributed by atoms with Gasteiger partial charge in [-0.3, -0.25) is 14.9 Å². The third kappa shape index (κ3) is 9.46. The molecular weight excluding hydrogens is 298 g/mol. The summed E-state index contributed by atoms with van der Waals surface area (Å²) in [6, 6.07) is 3.76. The standard InChI is InChI=1S/C12H17N3O4.2C2H6/c1-8(2)19-6-5-14-12(16)10-7-9(15(17)18)3-4-11(10)13;2*1-2/h3-4,7-8H,5-6,13H2,1-2H3,(H,14,16);2*1-2H3. The molecular formula is C16H29N3O4. The van der Waals surface area contributed by atoms with Crippen LogP contribution in [0.5, 0.6) is 0 Å². The second kappa shape index (κ2) is 13.5. The number of carbonyl (C=O) groups excluding carboxylic acids is 1. The van der Waals surface area contributed by atoms with E-state index in [0.717, 1.165) is 6.07 Å². The number of carbonyl (C=O) groups is 1. The second-order valence-electron chi connectivity index (χ2n) is 4.20. The number of nitro groups is 1. The van der Waals surface area contributed by atoms with E-state index in [1.165, 1.54) is 12.1 Å². The highest BCUT2D eigenvalue weighted by molar-refractivity contribution is 5.99. The van der Waals surface area contributed by atoms with Crippen molar-refractivity contribution in [3.8, 4) is 0 Å². The molecule has 7 heteroatoms. The Hall–Kier alpha value is -2.15. The van der Waals surface area contributed by atoms with Gasteiger partial charge in [0.2, 0.25) is 0 Å². The van der Waals surface area contributed by atoms with Crippen LogP contribution in [0.15, 0.2) is 18.2 Å². The first kappa shape index (κ1) is 23.1. The molecule has 23 heavy (non-hydrogen) atoms. The van der Waals surface area contributed by atoms with Crippen LogP contribution in [0.3, 0.4) is 0 Å². The molecule has 0 aliphatic rings. The molecule has 132 valence electrons. The maximum absolute atomic E-state index is 11.8. The lowest BCUT2D eigenvalue weighted by atomic mass is 10.1. The highest BCUT2D eigenvalue weighted by Gasteiger charge is 2.14. The Morgan fingerprint density at radius 3 is 2.35 bits per heavy atom. The van der Waals surface area contributed by atoms with E-state index in [1.54, 1.807) is 0 Å². The Kier molecular flexibility index (Phi) is 13.6. The molecule has 0 atom stereocenters. The Balaban J connectivity index is 0. The van der Waals surface area contributed by atoms with Gasteiger partial charge in [-0.05, 0) is 19.9 Å². The van der Waals surface area contributed by atoms with Crippen molar-refractivity contribution >= 4 is 17.3 Å². The van der Waals surface area contributed by atoms with Crippen LogP contribution in [0.4, 0.5) is 11.4 Å². The molecule has 0 saturated carbocycles. The summed E-state index contributed by atoms with van der Waals surface area (Å²) in [7, 11) is 0. The fourth-order valence-electron chi connectivity index (χ4n) is 1.41. The number of rotatable bonds is 6. The molecule has 1 aromatic carbocycles. The van der Waals surface area contributed by atoms with Crippen molar-refractivity contribution in [3.63, 3.8) is 0 Å². The second-order valence-corrected chi connectivity index (χ2v) is 4.20. The minimum atomic E-state index is -0.571. The number of nitrogens with two attached hydrogens (primary N) is 1. The predicted octanol–water partition coefficient (Wildman–Crippen LogP) is 3.38. The van der Waals surface area contributed by atoms with E-state index in [-0.39, 0.29) is 23.0 Å². The SMILES string of the molecule is CC.CC.CC(C)OCCNC(=O)c1cc([N+](=O)[O-])ccc1N. The summed E-state index contributed by atoms with van der Waals surface area (Å²) in [5.74, 6) is -0.450. The zero-order valence-electron chi connectivity index (χ0n) is 14.9. The Labute approximate surface area is 138 Å². The summed E-state index contributed by atoms with van der Waals surface area (Å²) < 4.78 is 5.27. The monoisotopic (exact) mass is 327 g/mol. The Morgan fingerprint density at radius 2 is 1.87 bits per heavy atom. The number of anilines is 1. The summed E-state index contributed by atoms with van der Waals surface area (Å²) in [5, 5.41) is 13.2.